The summed E-state index contributed by atoms with van der Waals surface area (Å²) in [6.07, 6.45) is 8.90. The molecule has 3 heterocycles. The van der Waals surface area contributed by atoms with E-state index < -0.39 is 80.6 Å². The molecule has 4 amide bonds. The number of hydrogen-bond acceptors (Lipinski definition) is 12. The van der Waals surface area contributed by atoms with E-state index in [1.807, 2.05) is 52.0 Å². The number of aromatic nitrogens is 2. The first-order valence-corrected chi connectivity index (χ1v) is 25.5. The van der Waals surface area contributed by atoms with Gasteiger partial charge >= 0.3 is 6.09 Å². The van der Waals surface area contributed by atoms with Crippen LogP contribution in [0.1, 0.15) is 113 Å². The Labute approximate surface area is 403 Å². The quantitative estimate of drug-likeness (QED) is 0.0820. The summed E-state index contributed by atoms with van der Waals surface area (Å²) in [6, 6.07) is 8.33. The smallest absolute Gasteiger partial charge is 0.408 e. The number of benzene rings is 1. The highest BCUT2D eigenvalue weighted by Crippen LogP contribution is 2.37. The Balaban J connectivity index is 1.20. The lowest BCUT2D eigenvalue weighted by Gasteiger charge is -2.35. The van der Waals surface area contributed by atoms with Gasteiger partial charge in [-0.2, -0.15) is 0 Å². The molecule has 7 atom stereocenters. The van der Waals surface area contributed by atoms with Gasteiger partial charge in [0.25, 0.3) is 5.92 Å². The predicted octanol–water partition coefficient (Wildman–Crippen LogP) is 7.87. The van der Waals surface area contributed by atoms with E-state index in [-0.39, 0.29) is 36.8 Å². The zero-order valence-corrected chi connectivity index (χ0v) is 41.7. The Kier molecular flexibility index (Phi) is 16.8. The fraction of sp³-hybridized carbons (Fsp3) is 0.600. The van der Waals surface area contributed by atoms with Crippen LogP contribution in [-0.4, -0.2) is 102 Å². The van der Waals surface area contributed by atoms with E-state index >= 15 is 0 Å². The number of ether oxygens (including phenoxy) is 4. The molecule has 19 heteroatoms. The minimum Gasteiger partial charge on any atom is -0.497 e. The molecule has 2 aromatic heterocycles. The lowest BCUT2D eigenvalue weighted by molar-refractivity contribution is -0.152. The minimum absolute atomic E-state index is 0.00422. The maximum absolute atomic E-state index is 14.9. The molecule has 6 rings (SSSR count). The number of fused-ring (bicyclic) bond motifs is 1. The van der Waals surface area contributed by atoms with Crippen molar-refractivity contribution in [2.45, 2.75) is 154 Å². The van der Waals surface area contributed by atoms with Crippen LogP contribution in [0.15, 0.2) is 54.7 Å². The number of carbonyl (C=O) groups excluding carboxylic acids is 4. The first kappa shape index (κ1) is 52.8. The van der Waals surface area contributed by atoms with Crippen molar-refractivity contribution in [1.82, 2.24) is 24.9 Å². The Morgan fingerprint density at radius 1 is 1.00 bits per heavy atom. The van der Waals surface area contributed by atoms with Crippen LogP contribution in [0.2, 0.25) is 0 Å². The molecule has 2 saturated carbocycles. The number of primary amides is 1. The minimum atomic E-state index is -3.64. The monoisotopic (exact) mass is 982 g/mol. The summed E-state index contributed by atoms with van der Waals surface area (Å²) in [5, 5.41) is 3.47. The second kappa shape index (κ2) is 22.0. The fourth-order valence-electron chi connectivity index (χ4n) is 9.06. The number of nitrogens with zero attached hydrogens (tertiary/aromatic N) is 3. The van der Waals surface area contributed by atoms with Gasteiger partial charge in [0.15, 0.2) is 5.60 Å². The zero-order chi connectivity index (χ0) is 50.4. The number of methoxy groups -OCH3 is 1. The van der Waals surface area contributed by atoms with E-state index in [1.54, 1.807) is 37.6 Å². The number of nitrogens with one attached hydrogen (secondary N) is 2. The van der Waals surface area contributed by atoms with Crippen molar-refractivity contribution in [2.75, 3.05) is 13.7 Å². The first-order valence-electron chi connectivity index (χ1n) is 24.0. The number of nitrogens with two attached hydrogens (primary N) is 1. The molecule has 69 heavy (non-hydrogen) atoms. The molecule has 0 spiro atoms. The fourth-order valence-corrected chi connectivity index (χ4v) is 10.4. The van der Waals surface area contributed by atoms with Crippen molar-refractivity contribution in [3.8, 4) is 28.8 Å². The Morgan fingerprint density at radius 3 is 2.35 bits per heavy atom. The third-order valence-corrected chi connectivity index (χ3v) is 15.3. The van der Waals surface area contributed by atoms with Crippen LogP contribution in [0.3, 0.4) is 0 Å². The van der Waals surface area contributed by atoms with E-state index in [0.29, 0.717) is 80.1 Å². The molecule has 1 unspecified atom stereocenters. The normalized spacial score (nSPS) is 21.2. The van der Waals surface area contributed by atoms with Gasteiger partial charge in [-0.05, 0) is 132 Å². The van der Waals surface area contributed by atoms with Gasteiger partial charge in [0.2, 0.25) is 33.6 Å². The van der Waals surface area contributed by atoms with E-state index in [1.165, 1.54) is 4.90 Å². The standard InChI is InChI=1S/C50H68F2N6O10S/c1-9-31(23-30(4)13-10-11-14-32-15-12-16-38(32)45(60)57-69(63,64)37-19-20-37)43(56-48(62)68-49(5,6)50(7,51)52)47(61)58-28-36(26-42(58)44(53)59)67-46-39-21-17-34(65-8)24-33(39)25-41(55-46)40-22-18-35(27-54-40)66-29(2)3/h11,14,17-18,21-22,24-25,27,29-32,36-38,42-43H,9-10,12-13,15-16,19-20,23,26,28H2,1-8H3,(H2,53,59)(H,56,62)(H,57,60)/b14-11-/t30-,31-,32-,36-,38?,42+,43+/m1/s1. The van der Waals surface area contributed by atoms with Crippen molar-refractivity contribution in [3.05, 3.63) is 54.7 Å². The highest BCUT2D eigenvalue weighted by atomic mass is 32.2. The molecule has 16 nitrogen and oxygen atoms in total. The Morgan fingerprint density at radius 2 is 1.72 bits per heavy atom. The number of likely N-dealkylation sites (tertiary alicyclic amines) is 1. The number of pyridine rings is 2. The summed E-state index contributed by atoms with van der Waals surface area (Å²) in [6.45, 7) is 10.3. The maximum Gasteiger partial charge on any atom is 0.408 e. The van der Waals surface area contributed by atoms with Gasteiger partial charge in [0, 0.05) is 24.6 Å². The molecule has 3 aliphatic rings. The number of sulfonamides is 1. The first-order chi connectivity index (χ1) is 32.5. The molecule has 3 fully saturated rings. The molecular weight excluding hydrogens is 915 g/mol. The van der Waals surface area contributed by atoms with Crippen molar-refractivity contribution >= 4 is 44.6 Å². The number of carbonyl (C=O) groups is 4. The van der Waals surface area contributed by atoms with Crippen LogP contribution in [-0.2, 0) is 29.1 Å². The Bertz CT molecular complexity index is 2460. The second-order valence-electron chi connectivity index (χ2n) is 19.7. The molecule has 378 valence electrons. The van der Waals surface area contributed by atoms with Gasteiger partial charge in [-0.15, -0.1) is 0 Å². The summed E-state index contributed by atoms with van der Waals surface area (Å²) in [7, 11) is -2.09. The highest BCUT2D eigenvalue weighted by molar-refractivity contribution is 7.90. The lowest BCUT2D eigenvalue weighted by atomic mass is 9.84. The van der Waals surface area contributed by atoms with Gasteiger partial charge in [0.1, 0.15) is 29.7 Å². The van der Waals surface area contributed by atoms with Crippen LogP contribution >= 0.6 is 0 Å². The van der Waals surface area contributed by atoms with Crippen molar-refractivity contribution in [2.24, 2.45) is 29.4 Å². The topological polar surface area (TPSA) is 218 Å². The third kappa shape index (κ3) is 13.4. The van der Waals surface area contributed by atoms with E-state index in [2.05, 4.69) is 15.0 Å². The number of amides is 4. The highest BCUT2D eigenvalue weighted by Gasteiger charge is 2.48. The van der Waals surface area contributed by atoms with Gasteiger partial charge in [0.05, 0.1) is 42.6 Å². The molecule has 1 saturated heterocycles. The number of alkyl halides is 2. The molecule has 0 radical (unpaired) electrons. The van der Waals surface area contributed by atoms with E-state index in [0.717, 1.165) is 32.1 Å². The SMILES string of the molecule is CC[C@H](C[C@H](C)CC/C=C\[C@@H]1CCCC1C(=O)NS(=O)(=O)C1CC1)[C@H](NC(=O)OC(C)(C)C(C)(F)F)C(=O)N1C[C@H](Oc2nc(-c3ccc(OC(C)C)cn3)cc3cc(OC)ccc23)C[C@H]1C(N)=O. The summed E-state index contributed by atoms with van der Waals surface area (Å²) in [5.74, 6) is -5.03. The molecule has 1 aliphatic heterocycles. The van der Waals surface area contributed by atoms with Gasteiger partial charge in [-0.3, -0.25) is 24.1 Å². The number of alkyl carbamates (subject to hydrolysis) is 1. The van der Waals surface area contributed by atoms with Gasteiger partial charge < -0.3 is 34.9 Å². The number of halogens is 2. The van der Waals surface area contributed by atoms with Crippen molar-refractivity contribution in [3.63, 3.8) is 0 Å². The average molecular weight is 983 g/mol. The van der Waals surface area contributed by atoms with E-state index in [9.17, 15) is 36.4 Å². The van der Waals surface area contributed by atoms with Crippen molar-refractivity contribution < 1.29 is 55.3 Å². The van der Waals surface area contributed by atoms with Crippen LogP contribution in [0.5, 0.6) is 17.4 Å². The van der Waals surface area contributed by atoms with Gasteiger partial charge in [-0.1, -0.05) is 38.8 Å². The molecule has 2 aliphatic carbocycles. The summed E-state index contributed by atoms with van der Waals surface area (Å²) < 4.78 is 79.4. The molecule has 3 aromatic rings. The van der Waals surface area contributed by atoms with Gasteiger partial charge in [-0.25, -0.2) is 27.0 Å². The molecule has 1 aromatic carbocycles. The number of hydrogen-bond donors (Lipinski definition) is 3. The molecular formula is C50H68F2N6O10S. The van der Waals surface area contributed by atoms with Crippen LogP contribution in [0, 0.1) is 23.7 Å². The summed E-state index contributed by atoms with van der Waals surface area (Å²) >= 11 is 0. The number of rotatable bonds is 22. The third-order valence-electron chi connectivity index (χ3n) is 13.5. The van der Waals surface area contributed by atoms with Crippen LogP contribution in [0.25, 0.3) is 22.2 Å². The average Bonchev–Trinajstić information content (AvgIpc) is 3.91. The van der Waals surface area contributed by atoms with Crippen LogP contribution in [0.4, 0.5) is 13.6 Å². The molecule has 4 N–H and O–H groups in total. The summed E-state index contributed by atoms with van der Waals surface area (Å²) in [5.41, 5.74) is 4.74. The molecule has 0 bridgehead atoms. The maximum atomic E-state index is 14.9. The largest absolute Gasteiger partial charge is 0.497 e. The zero-order valence-electron chi connectivity index (χ0n) is 40.8. The lowest BCUT2D eigenvalue weighted by Crippen LogP contribution is -2.57. The number of allylic oxidation sites excluding steroid dienone is 2. The Hall–Kier alpha value is -5.59. The second-order valence-corrected chi connectivity index (χ2v) is 21.6. The van der Waals surface area contributed by atoms with E-state index in [4.69, 9.17) is 29.7 Å². The summed E-state index contributed by atoms with van der Waals surface area (Å²) in [4.78, 5) is 65.2. The van der Waals surface area contributed by atoms with Crippen LogP contribution < -0.4 is 30.0 Å². The predicted molar refractivity (Wildman–Crippen MR) is 256 cm³/mol. The van der Waals surface area contributed by atoms with Crippen molar-refractivity contribution in [1.29, 1.82) is 0 Å².